The predicted molar refractivity (Wildman–Crippen MR) is 108 cm³/mol. The van der Waals surface area contributed by atoms with Crippen LogP contribution in [0.3, 0.4) is 0 Å². The lowest BCUT2D eigenvalue weighted by atomic mass is 9.82. The lowest BCUT2D eigenvalue weighted by molar-refractivity contribution is -0.136. The van der Waals surface area contributed by atoms with Crippen LogP contribution in [0.5, 0.6) is 11.5 Å². The average molecular weight is 382 g/mol. The Balaban J connectivity index is 2.14. The third-order valence-corrected chi connectivity index (χ3v) is 5.16. The molecule has 0 aliphatic carbocycles. The van der Waals surface area contributed by atoms with Crippen LogP contribution in [0.1, 0.15) is 24.4 Å². The molecule has 1 fully saturated rings. The lowest BCUT2D eigenvalue weighted by Crippen LogP contribution is -2.48. The van der Waals surface area contributed by atoms with E-state index >= 15 is 0 Å². The summed E-state index contributed by atoms with van der Waals surface area (Å²) < 4.78 is 10.8. The van der Waals surface area contributed by atoms with Crippen molar-refractivity contribution in [3.8, 4) is 11.5 Å². The molecule has 0 N–H and O–H groups in total. The smallest absolute Gasteiger partial charge is 0.227 e. The molecule has 0 spiro atoms. The highest BCUT2D eigenvalue weighted by Crippen LogP contribution is 2.43. The fraction of sp³-hybridized carbons (Fsp3) is 0.364. The van der Waals surface area contributed by atoms with Crippen LogP contribution in [0.2, 0.25) is 0 Å². The van der Waals surface area contributed by atoms with Crippen molar-refractivity contribution in [1.29, 1.82) is 0 Å². The van der Waals surface area contributed by atoms with Crippen molar-refractivity contribution >= 4 is 17.5 Å². The molecule has 2 aromatic rings. The van der Waals surface area contributed by atoms with Gasteiger partial charge in [0.2, 0.25) is 11.8 Å². The Kier molecular flexibility index (Phi) is 5.87. The van der Waals surface area contributed by atoms with Crippen molar-refractivity contribution < 1.29 is 19.1 Å². The fourth-order valence-electron chi connectivity index (χ4n) is 3.80. The lowest BCUT2D eigenvalue weighted by Gasteiger charge is -2.42. The minimum Gasteiger partial charge on any atom is -0.497 e. The number of ether oxygens (including phenoxy) is 2. The Bertz CT molecular complexity index is 848. The first kappa shape index (κ1) is 19.7. The van der Waals surface area contributed by atoms with E-state index in [0.29, 0.717) is 24.3 Å². The summed E-state index contributed by atoms with van der Waals surface area (Å²) in [5.74, 6) is 1.01. The van der Waals surface area contributed by atoms with Gasteiger partial charge in [0.05, 0.1) is 26.2 Å². The summed E-state index contributed by atoms with van der Waals surface area (Å²) in [6.45, 7) is 0. The van der Waals surface area contributed by atoms with Gasteiger partial charge < -0.3 is 19.3 Å². The number of carbonyl (C=O) groups excluding carboxylic acids is 2. The molecule has 2 unspecified atom stereocenters. The minimum atomic E-state index is -0.444. The molecule has 1 saturated heterocycles. The minimum absolute atomic E-state index is 0.00178. The molecule has 2 aromatic carbocycles. The van der Waals surface area contributed by atoms with E-state index in [4.69, 9.17) is 9.47 Å². The number of hydrogen-bond acceptors (Lipinski definition) is 4. The number of hydrogen-bond donors (Lipinski definition) is 0. The summed E-state index contributed by atoms with van der Waals surface area (Å²) in [5, 5.41) is 0. The highest BCUT2D eigenvalue weighted by Gasteiger charge is 2.43. The van der Waals surface area contributed by atoms with Gasteiger partial charge in [-0.15, -0.1) is 0 Å². The van der Waals surface area contributed by atoms with Crippen LogP contribution in [-0.4, -0.2) is 45.0 Å². The van der Waals surface area contributed by atoms with Crippen LogP contribution >= 0.6 is 0 Å². The first-order chi connectivity index (χ1) is 13.5. The molecule has 6 heteroatoms. The molecule has 1 aliphatic heterocycles. The summed E-state index contributed by atoms with van der Waals surface area (Å²) in [6, 6.07) is 14.5. The number of carbonyl (C=O) groups is 2. The zero-order valence-electron chi connectivity index (χ0n) is 16.7. The Hall–Kier alpha value is -3.02. The number of benzene rings is 2. The summed E-state index contributed by atoms with van der Waals surface area (Å²) >= 11 is 0. The van der Waals surface area contributed by atoms with Gasteiger partial charge in [-0.05, 0) is 36.8 Å². The quantitative estimate of drug-likeness (QED) is 0.796. The van der Waals surface area contributed by atoms with Gasteiger partial charge in [0.1, 0.15) is 11.5 Å². The molecule has 3 rings (SSSR count). The third kappa shape index (κ3) is 3.67. The molecule has 1 heterocycles. The molecule has 148 valence electrons. The molecule has 28 heavy (non-hydrogen) atoms. The van der Waals surface area contributed by atoms with Gasteiger partial charge in [0.15, 0.2) is 0 Å². The largest absolute Gasteiger partial charge is 0.497 e. The Labute approximate surface area is 165 Å². The van der Waals surface area contributed by atoms with Crippen LogP contribution in [0.15, 0.2) is 48.5 Å². The van der Waals surface area contributed by atoms with Gasteiger partial charge in [-0.3, -0.25) is 9.59 Å². The molecule has 0 bridgehead atoms. The van der Waals surface area contributed by atoms with Crippen molar-refractivity contribution in [1.82, 2.24) is 4.90 Å². The van der Waals surface area contributed by atoms with E-state index in [0.717, 1.165) is 11.3 Å². The van der Waals surface area contributed by atoms with Crippen molar-refractivity contribution in [2.45, 2.75) is 18.9 Å². The molecule has 1 aliphatic rings. The van der Waals surface area contributed by atoms with Crippen molar-refractivity contribution in [3.05, 3.63) is 54.1 Å². The number of anilines is 1. The monoisotopic (exact) mass is 382 g/mol. The zero-order valence-corrected chi connectivity index (χ0v) is 16.7. The normalized spacial score (nSPS) is 19.3. The van der Waals surface area contributed by atoms with Gasteiger partial charge in [-0.2, -0.15) is 0 Å². The van der Waals surface area contributed by atoms with E-state index in [2.05, 4.69) is 0 Å². The van der Waals surface area contributed by atoms with Gasteiger partial charge >= 0.3 is 0 Å². The van der Waals surface area contributed by atoms with Crippen molar-refractivity contribution in [2.75, 3.05) is 33.2 Å². The van der Waals surface area contributed by atoms with Gasteiger partial charge in [-0.25, -0.2) is 0 Å². The van der Waals surface area contributed by atoms with E-state index in [1.54, 1.807) is 38.1 Å². The number of amides is 2. The first-order valence-corrected chi connectivity index (χ1v) is 9.28. The van der Waals surface area contributed by atoms with Gasteiger partial charge in [0, 0.05) is 31.8 Å². The van der Waals surface area contributed by atoms with Crippen LogP contribution < -0.4 is 14.4 Å². The predicted octanol–water partition coefficient (Wildman–Crippen LogP) is 3.28. The van der Waals surface area contributed by atoms with Crippen LogP contribution in [0, 0.1) is 5.92 Å². The standard InChI is InChI=1S/C22H26N2O4/c1-23(2)22(26)18-13-14-20(25)24(15-9-11-16(27-3)12-10-15)21(18)17-7-5-6-8-19(17)28-4/h5-12,18,21H,13-14H2,1-4H3. The molecular weight excluding hydrogens is 356 g/mol. The maximum atomic E-state index is 13.0. The molecule has 2 atom stereocenters. The number of nitrogens with zero attached hydrogens (tertiary/aromatic N) is 2. The second kappa shape index (κ2) is 8.33. The SMILES string of the molecule is COc1ccc(N2C(=O)CCC(C(=O)N(C)C)C2c2ccccc2OC)cc1. The molecule has 2 amide bonds. The van der Waals surface area contributed by atoms with Crippen LogP contribution in [0.25, 0.3) is 0 Å². The van der Waals surface area contributed by atoms with E-state index in [9.17, 15) is 9.59 Å². The second-order valence-corrected chi connectivity index (χ2v) is 7.03. The summed E-state index contributed by atoms with van der Waals surface area (Å²) in [5.41, 5.74) is 1.56. The fourth-order valence-corrected chi connectivity index (χ4v) is 3.80. The molecule has 0 aromatic heterocycles. The Morgan fingerprint density at radius 2 is 1.71 bits per heavy atom. The van der Waals surface area contributed by atoms with E-state index < -0.39 is 6.04 Å². The topological polar surface area (TPSA) is 59.1 Å². The third-order valence-electron chi connectivity index (χ3n) is 5.16. The number of para-hydroxylation sites is 1. The zero-order chi connectivity index (χ0) is 20.3. The summed E-state index contributed by atoms with van der Waals surface area (Å²) in [4.78, 5) is 29.3. The Morgan fingerprint density at radius 3 is 2.32 bits per heavy atom. The second-order valence-electron chi connectivity index (χ2n) is 7.03. The number of methoxy groups -OCH3 is 2. The molecule has 0 radical (unpaired) electrons. The van der Waals surface area contributed by atoms with Crippen molar-refractivity contribution in [3.63, 3.8) is 0 Å². The summed E-state index contributed by atoms with van der Waals surface area (Å²) in [6.07, 6.45) is 0.827. The molecule has 6 nitrogen and oxygen atoms in total. The highest BCUT2D eigenvalue weighted by atomic mass is 16.5. The van der Waals surface area contributed by atoms with Crippen LogP contribution in [0.4, 0.5) is 5.69 Å². The van der Waals surface area contributed by atoms with Crippen molar-refractivity contribution in [2.24, 2.45) is 5.92 Å². The van der Waals surface area contributed by atoms with E-state index in [1.165, 1.54) is 0 Å². The number of rotatable bonds is 5. The van der Waals surface area contributed by atoms with E-state index in [-0.39, 0.29) is 17.7 Å². The highest BCUT2D eigenvalue weighted by molar-refractivity contribution is 5.97. The maximum absolute atomic E-state index is 13.0. The Morgan fingerprint density at radius 1 is 1.04 bits per heavy atom. The maximum Gasteiger partial charge on any atom is 0.227 e. The van der Waals surface area contributed by atoms with Gasteiger partial charge in [-0.1, -0.05) is 18.2 Å². The van der Waals surface area contributed by atoms with Crippen LogP contribution in [-0.2, 0) is 9.59 Å². The van der Waals surface area contributed by atoms with Gasteiger partial charge in [0.25, 0.3) is 0 Å². The molecule has 0 saturated carbocycles. The number of piperidine rings is 1. The van der Waals surface area contributed by atoms with E-state index in [1.807, 2.05) is 48.5 Å². The molecular formula is C22H26N2O4. The summed E-state index contributed by atoms with van der Waals surface area (Å²) in [7, 11) is 6.69. The first-order valence-electron chi connectivity index (χ1n) is 9.28. The average Bonchev–Trinajstić information content (AvgIpc) is 2.73.